The number of halogens is 3. The van der Waals surface area contributed by atoms with E-state index in [1.807, 2.05) is 55.5 Å². The molecule has 0 aliphatic carbocycles. The molecule has 3 aromatic carbocycles. The van der Waals surface area contributed by atoms with Crippen LogP contribution in [0.15, 0.2) is 102 Å². The van der Waals surface area contributed by atoms with E-state index in [0.29, 0.717) is 23.8 Å². The molecule has 0 amide bonds. The predicted molar refractivity (Wildman–Crippen MR) is 132 cm³/mol. The second-order valence-electron chi connectivity index (χ2n) is 8.28. The van der Waals surface area contributed by atoms with Gasteiger partial charge in [0.2, 0.25) is 5.89 Å². The first-order valence-corrected chi connectivity index (χ1v) is 11.4. The molecule has 0 fully saturated rings. The number of ether oxygens (including phenoxy) is 2. The van der Waals surface area contributed by atoms with E-state index < -0.39 is 6.36 Å². The number of rotatable bonds is 7. The maximum absolute atomic E-state index is 12.3. The average Bonchev–Trinajstić information content (AvgIpc) is 3.26. The van der Waals surface area contributed by atoms with Crippen LogP contribution in [-0.2, 0) is 6.42 Å². The third-order valence-corrected chi connectivity index (χ3v) is 5.63. The number of aromatic nitrogens is 2. The standard InChI is InChI=1S/C29H21F3N2O3/c1-19-27(34-28(35-19)23-6-4-21(5-7-23)22-14-16-33-17-15-22)18-20-2-8-24(9-3-20)36-25-10-12-26(13-11-25)37-29(30,31)32/h2-17H,18H2,1H3. The highest BCUT2D eigenvalue weighted by Crippen LogP contribution is 2.29. The fourth-order valence-electron chi connectivity index (χ4n) is 3.78. The lowest BCUT2D eigenvalue weighted by Gasteiger charge is -2.10. The summed E-state index contributed by atoms with van der Waals surface area (Å²) in [7, 11) is 0. The minimum atomic E-state index is -4.73. The van der Waals surface area contributed by atoms with E-state index in [9.17, 15) is 13.2 Å². The molecule has 186 valence electrons. The number of benzene rings is 3. The smallest absolute Gasteiger partial charge is 0.457 e. The number of nitrogens with zero attached hydrogens (tertiary/aromatic N) is 2. The summed E-state index contributed by atoms with van der Waals surface area (Å²) >= 11 is 0. The summed E-state index contributed by atoms with van der Waals surface area (Å²) in [6.45, 7) is 1.89. The average molecular weight is 502 g/mol. The summed E-state index contributed by atoms with van der Waals surface area (Å²) in [5, 5.41) is 0. The van der Waals surface area contributed by atoms with Gasteiger partial charge in [0, 0.05) is 24.4 Å². The molecule has 0 aliphatic rings. The Bertz CT molecular complexity index is 1460. The monoisotopic (exact) mass is 502 g/mol. The van der Waals surface area contributed by atoms with Gasteiger partial charge < -0.3 is 13.9 Å². The van der Waals surface area contributed by atoms with Crippen LogP contribution in [0.4, 0.5) is 13.2 Å². The van der Waals surface area contributed by atoms with Gasteiger partial charge in [0.05, 0.1) is 5.69 Å². The molecule has 0 aliphatic heterocycles. The molecule has 0 saturated carbocycles. The molecule has 0 bridgehead atoms. The number of hydrogen-bond acceptors (Lipinski definition) is 5. The summed E-state index contributed by atoms with van der Waals surface area (Å²) in [5.41, 5.74) is 4.91. The Morgan fingerprint density at radius 1 is 0.703 bits per heavy atom. The van der Waals surface area contributed by atoms with Crippen molar-refractivity contribution in [3.63, 3.8) is 0 Å². The maximum atomic E-state index is 12.3. The molecule has 37 heavy (non-hydrogen) atoms. The van der Waals surface area contributed by atoms with Gasteiger partial charge in [-0.25, -0.2) is 4.98 Å². The molecule has 5 nitrogen and oxygen atoms in total. The SMILES string of the molecule is Cc1oc(-c2ccc(-c3ccncc3)cc2)nc1Cc1ccc(Oc2ccc(OC(F)(F)F)cc2)cc1. The van der Waals surface area contributed by atoms with E-state index in [0.717, 1.165) is 33.7 Å². The number of hydrogen-bond donors (Lipinski definition) is 0. The van der Waals surface area contributed by atoms with Gasteiger partial charge in [-0.1, -0.05) is 24.3 Å². The van der Waals surface area contributed by atoms with Gasteiger partial charge in [0.1, 0.15) is 23.0 Å². The van der Waals surface area contributed by atoms with Gasteiger partial charge in [-0.05, 0) is 84.3 Å². The molecule has 0 saturated heterocycles. The van der Waals surface area contributed by atoms with Crippen LogP contribution in [0, 0.1) is 6.92 Å². The summed E-state index contributed by atoms with van der Waals surface area (Å²) in [5.74, 6) is 1.96. The fourth-order valence-corrected chi connectivity index (χ4v) is 3.78. The van der Waals surface area contributed by atoms with Crippen LogP contribution in [-0.4, -0.2) is 16.3 Å². The van der Waals surface area contributed by atoms with Crippen molar-refractivity contribution in [2.45, 2.75) is 19.7 Å². The molecule has 2 aromatic heterocycles. The van der Waals surface area contributed by atoms with Gasteiger partial charge in [0.25, 0.3) is 0 Å². The van der Waals surface area contributed by atoms with Gasteiger partial charge in [-0.3, -0.25) is 4.98 Å². The van der Waals surface area contributed by atoms with Crippen LogP contribution in [0.1, 0.15) is 17.0 Å². The Balaban J connectivity index is 1.23. The first-order valence-electron chi connectivity index (χ1n) is 11.4. The van der Waals surface area contributed by atoms with E-state index in [2.05, 4.69) is 9.72 Å². The topological polar surface area (TPSA) is 57.4 Å². The molecular weight excluding hydrogens is 481 g/mol. The third kappa shape index (κ3) is 6.16. The minimum Gasteiger partial charge on any atom is -0.457 e. The number of aryl methyl sites for hydroxylation is 1. The van der Waals surface area contributed by atoms with Gasteiger partial charge in [-0.2, -0.15) is 0 Å². The zero-order chi connectivity index (χ0) is 25.8. The molecule has 8 heteroatoms. The minimum absolute atomic E-state index is 0.303. The number of oxazole rings is 1. The largest absolute Gasteiger partial charge is 0.573 e. The highest BCUT2D eigenvalue weighted by Gasteiger charge is 2.31. The first-order chi connectivity index (χ1) is 17.8. The summed E-state index contributed by atoms with van der Waals surface area (Å²) in [6, 6.07) is 24.6. The number of pyridine rings is 1. The molecule has 0 radical (unpaired) electrons. The van der Waals surface area contributed by atoms with Crippen LogP contribution in [0.2, 0.25) is 0 Å². The summed E-state index contributed by atoms with van der Waals surface area (Å²) in [4.78, 5) is 8.75. The lowest BCUT2D eigenvalue weighted by Crippen LogP contribution is -2.16. The molecule has 5 rings (SSSR count). The Kier molecular flexibility index (Phi) is 6.64. The van der Waals surface area contributed by atoms with E-state index in [1.165, 1.54) is 24.3 Å². The summed E-state index contributed by atoms with van der Waals surface area (Å²) < 4.78 is 52.4. The van der Waals surface area contributed by atoms with Crippen molar-refractivity contribution in [3.05, 3.63) is 114 Å². The van der Waals surface area contributed by atoms with Crippen LogP contribution < -0.4 is 9.47 Å². The normalized spacial score (nSPS) is 11.4. The maximum Gasteiger partial charge on any atom is 0.573 e. The van der Waals surface area contributed by atoms with Crippen molar-refractivity contribution >= 4 is 0 Å². The van der Waals surface area contributed by atoms with Crippen LogP contribution in [0.25, 0.3) is 22.6 Å². The second kappa shape index (κ2) is 10.2. The fraction of sp³-hybridized carbons (Fsp3) is 0.103. The zero-order valence-electron chi connectivity index (χ0n) is 19.7. The quantitative estimate of drug-likeness (QED) is 0.226. The van der Waals surface area contributed by atoms with E-state index in [-0.39, 0.29) is 5.75 Å². The number of alkyl halides is 3. The second-order valence-corrected chi connectivity index (χ2v) is 8.28. The third-order valence-electron chi connectivity index (χ3n) is 5.63. The Labute approximate surface area is 211 Å². The first kappa shape index (κ1) is 24.1. The molecular formula is C29H21F3N2O3. The van der Waals surface area contributed by atoms with E-state index in [4.69, 9.17) is 14.1 Å². The molecule has 0 N–H and O–H groups in total. The molecule has 0 atom stereocenters. The zero-order valence-corrected chi connectivity index (χ0v) is 19.7. The van der Waals surface area contributed by atoms with Crippen molar-refractivity contribution < 1.29 is 27.1 Å². The van der Waals surface area contributed by atoms with E-state index >= 15 is 0 Å². The molecule has 0 unspecified atom stereocenters. The highest BCUT2D eigenvalue weighted by molar-refractivity contribution is 5.67. The lowest BCUT2D eigenvalue weighted by atomic mass is 10.1. The lowest BCUT2D eigenvalue weighted by molar-refractivity contribution is -0.274. The van der Waals surface area contributed by atoms with Gasteiger partial charge in [-0.15, -0.1) is 13.2 Å². The molecule has 0 spiro atoms. The van der Waals surface area contributed by atoms with Gasteiger partial charge in [0.15, 0.2) is 0 Å². The van der Waals surface area contributed by atoms with Crippen LogP contribution in [0.5, 0.6) is 17.2 Å². The summed E-state index contributed by atoms with van der Waals surface area (Å²) in [6.07, 6.45) is -0.625. The van der Waals surface area contributed by atoms with Crippen LogP contribution in [0.3, 0.4) is 0 Å². The van der Waals surface area contributed by atoms with Gasteiger partial charge >= 0.3 is 6.36 Å². The Morgan fingerprint density at radius 3 is 1.86 bits per heavy atom. The van der Waals surface area contributed by atoms with Crippen molar-refractivity contribution in [2.24, 2.45) is 0 Å². The molecule has 5 aromatic rings. The van der Waals surface area contributed by atoms with Crippen molar-refractivity contribution in [1.29, 1.82) is 0 Å². The molecule has 2 heterocycles. The van der Waals surface area contributed by atoms with Crippen molar-refractivity contribution in [1.82, 2.24) is 9.97 Å². The highest BCUT2D eigenvalue weighted by atomic mass is 19.4. The Hall–Kier alpha value is -4.59. The Morgan fingerprint density at radius 2 is 1.24 bits per heavy atom. The van der Waals surface area contributed by atoms with Crippen molar-refractivity contribution in [3.8, 4) is 39.8 Å². The van der Waals surface area contributed by atoms with Crippen LogP contribution >= 0.6 is 0 Å². The predicted octanol–water partition coefficient (Wildman–Crippen LogP) is 7.99. The van der Waals surface area contributed by atoms with Crippen molar-refractivity contribution in [2.75, 3.05) is 0 Å². The van der Waals surface area contributed by atoms with E-state index in [1.54, 1.807) is 24.5 Å².